The number of aryl methyl sites for hydroxylation is 1. The first-order valence-corrected chi connectivity index (χ1v) is 7.12. The van der Waals surface area contributed by atoms with E-state index in [2.05, 4.69) is 35.6 Å². The normalized spacial score (nSPS) is 10.6. The van der Waals surface area contributed by atoms with Crippen molar-refractivity contribution in [2.45, 2.75) is 13.8 Å². The summed E-state index contributed by atoms with van der Waals surface area (Å²) in [5.74, 6) is 0. The van der Waals surface area contributed by atoms with Crippen LogP contribution in [0.15, 0.2) is 48.8 Å². The van der Waals surface area contributed by atoms with E-state index in [1.54, 1.807) is 6.33 Å². The van der Waals surface area contributed by atoms with Crippen molar-refractivity contribution in [3.8, 4) is 0 Å². The van der Waals surface area contributed by atoms with Gasteiger partial charge in [-0.15, -0.1) is 0 Å². The highest BCUT2D eigenvalue weighted by Gasteiger charge is 2.05. The molecule has 0 unspecified atom stereocenters. The number of aromatic nitrogens is 2. The van der Waals surface area contributed by atoms with Gasteiger partial charge in [-0.05, 0) is 55.4 Å². The van der Waals surface area contributed by atoms with Gasteiger partial charge in [0.05, 0.1) is 11.0 Å². The van der Waals surface area contributed by atoms with Gasteiger partial charge in [-0.1, -0.05) is 24.3 Å². The Hall–Kier alpha value is -2.40. The summed E-state index contributed by atoms with van der Waals surface area (Å²) in [5.41, 5.74) is 8.49. The van der Waals surface area contributed by atoms with Gasteiger partial charge < -0.3 is 5.32 Å². The third kappa shape index (κ3) is 2.73. The third-order valence-corrected chi connectivity index (χ3v) is 3.72. The molecule has 106 valence electrons. The zero-order chi connectivity index (χ0) is 14.8. The lowest BCUT2D eigenvalue weighted by molar-refractivity contribution is 1.01. The van der Waals surface area contributed by atoms with Gasteiger partial charge in [0.15, 0.2) is 5.11 Å². The monoisotopic (exact) mass is 296 g/mol. The Kier molecular flexibility index (Phi) is 3.58. The van der Waals surface area contributed by atoms with Crippen molar-refractivity contribution < 1.29 is 0 Å². The molecular weight excluding hydrogens is 280 g/mol. The molecule has 0 aliphatic heterocycles. The van der Waals surface area contributed by atoms with Crippen LogP contribution in [0.4, 0.5) is 5.69 Å². The largest absolute Gasteiger partial charge is 0.331 e. The molecule has 0 amide bonds. The number of fused-ring (bicyclic) bond motifs is 1. The first kappa shape index (κ1) is 13.6. The van der Waals surface area contributed by atoms with Crippen molar-refractivity contribution in [3.05, 3.63) is 59.9 Å². The predicted molar refractivity (Wildman–Crippen MR) is 91.2 cm³/mol. The number of hydrogen-bond acceptors (Lipinski definition) is 2. The highest BCUT2D eigenvalue weighted by atomic mass is 32.1. The molecule has 0 saturated heterocycles. The van der Waals surface area contributed by atoms with Crippen LogP contribution in [0.1, 0.15) is 11.1 Å². The fourth-order valence-electron chi connectivity index (χ4n) is 2.19. The molecule has 2 aromatic carbocycles. The number of nitrogens with zero attached hydrogens (tertiary/aromatic N) is 2. The smallest absolute Gasteiger partial charge is 0.190 e. The molecule has 3 aromatic rings. The number of nitrogens with one attached hydrogen (secondary N) is 2. The summed E-state index contributed by atoms with van der Waals surface area (Å²) in [4.78, 5) is 4.32. The molecule has 0 radical (unpaired) electrons. The van der Waals surface area contributed by atoms with Crippen molar-refractivity contribution in [2.24, 2.45) is 0 Å². The van der Waals surface area contributed by atoms with E-state index in [-0.39, 0.29) is 0 Å². The van der Waals surface area contributed by atoms with Crippen LogP contribution in [0.25, 0.3) is 11.0 Å². The molecule has 0 spiro atoms. The summed E-state index contributed by atoms with van der Waals surface area (Å²) >= 11 is 5.38. The molecule has 5 heteroatoms. The molecule has 3 rings (SSSR count). The van der Waals surface area contributed by atoms with Crippen LogP contribution in [0.2, 0.25) is 0 Å². The van der Waals surface area contributed by atoms with Crippen LogP contribution in [0.3, 0.4) is 0 Å². The molecule has 4 nitrogen and oxygen atoms in total. The van der Waals surface area contributed by atoms with Crippen LogP contribution in [-0.4, -0.2) is 14.8 Å². The minimum Gasteiger partial charge on any atom is -0.331 e. The Labute approximate surface area is 128 Å². The number of benzene rings is 2. The van der Waals surface area contributed by atoms with E-state index in [1.807, 2.05) is 41.1 Å². The second-order valence-corrected chi connectivity index (χ2v) is 5.32. The SMILES string of the molecule is Cc1cccc(NC(=S)Nn2cnc3ccccc32)c1C. The van der Waals surface area contributed by atoms with E-state index in [1.165, 1.54) is 11.1 Å². The number of hydrogen-bond donors (Lipinski definition) is 2. The summed E-state index contributed by atoms with van der Waals surface area (Å²) in [7, 11) is 0. The lowest BCUT2D eigenvalue weighted by Gasteiger charge is -2.14. The third-order valence-electron chi connectivity index (χ3n) is 3.53. The Balaban J connectivity index is 1.79. The molecule has 0 aliphatic carbocycles. The number of anilines is 1. The lowest BCUT2D eigenvalue weighted by Crippen LogP contribution is -2.27. The van der Waals surface area contributed by atoms with E-state index in [0.717, 1.165) is 16.7 Å². The summed E-state index contributed by atoms with van der Waals surface area (Å²) in [6.07, 6.45) is 1.72. The summed E-state index contributed by atoms with van der Waals surface area (Å²) < 4.78 is 1.82. The molecule has 0 atom stereocenters. The number of rotatable bonds is 2. The predicted octanol–water partition coefficient (Wildman–Crippen LogP) is 3.59. The Morgan fingerprint density at radius 3 is 2.76 bits per heavy atom. The Morgan fingerprint density at radius 1 is 1.10 bits per heavy atom. The number of para-hydroxylation sites is 2. The highest BCUT2D eigenvalue weighted by molar-refractivity contribution is 7.80. The number of thiocarbonyl (C=S) groups is 1. The maximum atomic E-state index is 5.38. The standard InChI is InChI=1S/C16H16N4S/c1-11-6-5-8-13(12(11)2)18-16(21)19-20-10-17-14-7-3-4-9-15(14)20/h3-10H,1-2H3,(H2,18,19,21). The molecule has 1 aromatic heterocycles. The second-order valence-electron chi connectivity index (χ2n) is 4.92. The minimum absolute atomic E-state index is 0.534. The first-order chi connectivity index (χ1) is 10.1. The highest BCUT2D eigenvalue weighted by Crippen LogP contribution is 2.18. The van der Waals surface area contributed by atoms with Crippen molar-refractivity contribution >= 4 is 34.1 Å². The van der Waals surface area contributed by atoms with E-state index < -0.39 is 0 Å². The van der Waals surface area contributed by atoms with Gasteiger partial charge in [0.1, 0.15) is 6.33 Å². The fraction of sp³-hybridized carbons (Fsp3) is 0.125. The maximum absolute atomic E-state index is 5.38. The summed E-state index contributed by atoms with van der Waals surface area (Å²) in [6, 6.07) is 14.0. The van der Waals surface area contributed by atoms with Gasteiger partial charge in [-0.2, -0.15) is 0 Å². The van der Waals surface area contributed by atoms with Gasteiger partial charge >= 0.3 is 0 Å². The first-order valence-electron chi connectivity index (χ1n) is 6.71. The molecule has 21 heavy (non-hydrogen) atoms. The van der Waals surface area contributed by atoms with Crippen LogP contribution >= 0.6 is 12.2 Å². The van der Waals surface area contributed by atoms with Crippen LogP contribution in [0, 0.1) is 13.8 Å². The molecule has 1 heterocycles. The van der Waals surface area contributed by atoms with E-state index in [9.17, 15) is 0 Å². The molecule has 0 fully saturated rings. The maximum Gasteiger partial charge on any atom is 0.190 e. The average molecular weight is 296 g/mol. The van der Waals surface area contributed by atoms with E-state index in [0.29, 0.717) is 5.11 Å². The van der Waals surface area contributed by atoms with Crippen molar-refractivity contribution in [2.75, 3.05) is 10.7 Å². The lowest BCUT2D eigenvalue weighted by atomic mass is 10.1. The van der Waals surface area contributed by atoms with E-state index >= 15 is 0 Å². The zero-order valence-electron chi connectivity index (χ0n) is 11.9. The topological polar surface area (TPSA) is 41.9 Å². The van der Waals surface area contributed by atoms with Crippen molar-refractivity contribution in [1.82, 2.24) is 9.66 Å². The Bertz CT molecular complexity index is 807. The van der Waals surface area contributed by atoms with Crippen molar-refractivity contribution in [1.29, 1.82) is 0 Å². The molecule has 0 aliphatic rings. The second kappa shape index (κ2) is 5.54. The summed E-state index contributed by atoms with van der Waals surface area (Å²) in [5, 5.41) is 3.76. The van der Waals surface area contributed by atoms with Gasteiger partial charge in [-0.3, -0.25) is 5.43 Å². The van der Waals surface area contributed by atoms with Gasteiger partial charge in [0.25, 0.3) is 0 Å². The van der Waals surface area contributed by atoms with Gasteiger partial charge in [0, 0.05) is 5.69 Å². The van der Waals surface area contributed by atoms with E-state index in [4.69, 9.17) is 12.2 Å². The Morgan fingerprint density at radius 2 is 1.90 bits per heavy atom. The average Bonchev–Trinajstić information content (AvgIpc) is 2.87. The molecule has 2 N–H and O–H groups in total. The van der Waals surface area contributed by atoms with Crippen LogP contribution in [0.5, 0.6) is 0 Å². The summed E-state index contributed by atoms with van der Waals surface area (Å²) in [6.45, 7) is 4.16. The quantitative estimate of drug-likeness (QED) is 0.709. The van der Waals surface area contributed by atoms with Gasteiger partial charge in [0.2, 0.25) is 0 Å². The zero-order valence-corrected chi connectivity index (χ0v) is 12.7. The van der Waals surface area contributed by atoms with Gasteiger partial charge in [-0.25, -0.2) is 9.66 Å². The molecule has 0 saturated carbocycles. The van der Waals surface area contributed by atoms with Crippen LogP contribution in [-0.2, 0) is 0 Å². The number of imidazole rings is 1. The molecular formula is C16H16N4S. The molecule has 0 bridgehead atoms. The fourth-order valence-corrected chi connectivity index (χ4v) is 2.40. The van der Waals surface area contributed by atoms with Crippen LogP contribution < -0.4 is 10.7 Å². The van der Waals surface area contributed by atoms with Crippen molar-refractivity contribution in [3.63, 3.8) is 0 Å². The minimum atomic E-state index is 0.534.